The first-order chi connectivity index (χ1) is 12.8. The standard InChI is InChI=1S/C19H38N4O4/c1-7-20-17(21-9-11-22(5)18(24)27-19(2,3)4)23-10-8-16(14-23)15-26-13-12-25-6/h16H,7-15H2,1-6H3,(H,20,21). The van der Waals surface area contributed by atoms with E-state index in [0.717, 1.165) is 38.6 Å². The van der Waals surface area contributed by atoms with E-state index in [0.29, 0.717) is 32.2 Å². The van der Waals surface area contributed by atoms with Gasteiger partial charge in [0.25, 0.3) is 0 Å². The number of hydrogen-bond donors (Lipinski definition) is 1. The molecule has 0 saturated carbocycles. The van der Waals surface area contributed by atoms with Gasteiger partial charge in [-0.2, -0.15) is 0 Å². The third-order valence-electron chi connectivity index (χ3n) is 4.11. The minimum absolute atomic E-state index is 0.322. The number of carbonyl (C=O) groups excluding carboxylic acids is 1. The van der Waals surface area contributed by atoms with Gasteiger partial charge in [0.05, 0.1) is 26.4 Å². The molecule has 0 radical (unpaired) electrons. The maximum absolute atomic E-state index is 12.0. The summed E-state index contributed by atoms with van der Waals surface area (Å²) in [6.45, 7) is 13.4. The Morgan fingerprint density at radius 2 is 2.07 bits per heavy atom. The molecule has 0 bridgehead atoms. The van der Waals surface area contributed by atoms with Crippen LogP contribution in [0.15, 0.2) is 4.99 Å². The van der Waals surface area contributed by atoms with Crippen molar-refractivity contribution < 1.29 is 19.0 Å². The van der Waals surface area contributed by atoms with E-state index in [9.17, 15) is 4.79 Å². The van der Waals surface area contributed by atoms with Gasteiger partial charge in [0.1, 0.15) is 5.60 Å². The first-order valence-electron chi connectivity index (χ1n) is 9.80. The van der Waals surface area contributed by atoms with Gasteiger partial charge in [-0.3, -0.25) is 4.99 Å². The zero-order valence-electron chi connectivity index (χ0n) is 17.9. The SMILES string of the molecule is CCNC(=NCCN(C)C(=O)OC(C)(C)C)N1CCC(COCCOC)C1. The smallest absolute Gasteiger partial charge is 0.410 e. The minimum Gasteiger partial charge on any atom is -0.444 e. The van der Waals surface area contributed by atoms with Gasteiger partial charge in [-0.15, -0.1) is 0 Å². The normalized spacial score (nSPS) is 17.9. The van der Waals surface area contributed by atoms with Gasteiger partial charge >= 0.3 is 6.09 Å². The molecule has 8 nitrogen and oxygen atoms in total. The largest absolute Gasteiger partial charge is 0.444 e. The molecular weight excluding hydrogens is 348 g/mol. The lowest BCUT2D eigenvalue weighted by molar-refractivity contribution is 0.0304. The Bertz CT molecular complexity index is 465. The second kappa shape index (κ2) is 12.0. The summed E-state index contributed by atoms with van der Waals surface area (Å²) in [7, 11) is 3.42. The predicted octanol–water partition coefficient (Wildman–Crippen LogP) is 1.80. The average molecular weight is 387 g/mol. The van der Waals surface area contributed by atoms with E-state index >= 15 is 0 Å². The molecule has 0 spiro atoms. The van der Waals surface area contributed by atoms with Crippen LogP contribution in [0.5, 0.6) is 0 Å². The van der Waals surface area contributed by atoms with Crippen LogP contribution in [0.25, 0.3) is 0 Å². The highest BCUT2D eigenvalue weighted by Crippen LogP contribution is 2.16. The molecule has 8 heteroatoms. The van der Waals surface area contributed by atoms with Crippen LogP contribution in [-0.4, -0.2) is 94.2 Å². The first-order valence-corrected chi connectivity index (χ1v) is 9.80. The predicted molar refractivity (Wildman–Crippen MR) is 107 cm³/mol. The number of rotatable bonds is 9. The molecule has 1 unspecified atom stereocenters. The Kier molecular flexibility index (Phi) is 10.5. The molecule has 1 N–H and O–H groups in total. The van der Waals surface area contributed by atoms with Crippen molar-refractivity contribution in [3.63, 3.8) is 0 Å². The maximum atomic E-state index is 12.0. The molecule has 27 heavy (non-hydrogen) atoms. The van der Waals surface area contributed by atoms with Crippen LogP contribution < -0.4 is 5.32 Å². The number of aliphatic imine (C=N–C) groups is 1. The molecule has 0 aromatic heterocycles. The van der Waals surface area contributed by atoms with Gasteiger partial charge < -0.3 is 29.3 Å². The molecule has 1 aliphatic heterocycles. The van der Waals surface area contributed by atoms with E-state index in [-0.39, 0.29) is 6.09 Å². The van der Waals surface area contributed by atoms with Crippen molar-refractivity contribution in [3.05, 3.63) is 0 Å². The number of carbonyl (C=O) groups is 1. The Balaban J connectivity index is 2.45. The highest BCUT2D eigenvalue weighted by atomic mass is 16.6. The van der Waals surface area contributed by atoms with Crippen LogP contribution in [0.3, 0.4) is 0 Å². The molecule has 1 rings (SSSR count). The van der Waals surface area contributed by atoms with Crippen LogP contribution in [0, 0.1) is 5.92 Å². The molecule has 1 amide bonds. The highest BCUT2D eigenvalue weighted by molar-refractivity contribution is 5.80. The quantitative estimate of drug-likeness (QED) is 0.370. The highest BCUT2D eigenvalue weighted by Gasteiger charge is 2.25. The number of nitrogens with one attached hydrogen (secondary N) is 1. The van der Waals surface area contributed by atoms with Crippen molar-refractivity contribution in [2.24, 2.45) is 10.9 Å². The Labute approximate surface area is 164 Å². The third-order valence-corrected chi connectivity index (χ3v) is 4.11. The molecular formula is C19H38N4O4. The Morgan fingerprint density at radius 3 is 2.70 bits per heavy atom. The fraction of sp³-hybridized carbons (Fsp3) is 0.895. The van der Waals surface area contributed by atoms with Gasteiger partial charge in [-0.1, -0.05) is 0 Å². The molecule has 1 saturated heterocycles. The number of amides is 1. The van der Waals surface area contributed by atoms with Crippen molar-refractivity contribution in [3.8, 4) is 0 Å². The van der Waals surface area contributed by atoms with Crippen LogP contribution in [0.2, 0.25) is 0 Å². The number of likely N-dealkylation sites (N-methyl/N-ethyl adjacent to an activating group) is 1. The summed E-state index contributed by atoms with van der Waals surface area (Å²) in [5.74, 6) is 1.41. The number of likely N-dealkylation sites (tertiary alicyclic amines) is 1. The summed E-state index contributed by atoms with van der Waals surface area (Å²) in [5.41, 5.74) is -0.487. The average Bonchev–Trinajstić information content (AvgIpc) is 3.05. The summed E-state index contributed by atoms with van der Waals surface area (Å²) in [6, 6.07) is 0. The molecule has 0 aromatic rings. The molecule has 1 fully saturated rings. The lowest BCUT2D eigenvalue weighted by Crippen LogP contribution is -2.41. The zero-order valence-corrected chi connectivity index (χ0v) is 17.9. The second-order valence-electron chi connectivity index (χ2n) is 7.81. The van der Waals surface area contributed by atoms with Gasteiger partial charge in [-0.05, 0) is 34.1 Å². The lowest BCUT2D eigenvalue weighted by atomic mass is 10.1. The van der Waals surface area contributed by atoms with Gasteiger partial charge in [0, 0.05) is 46.3 Å². The summed E-state index contributed by atoms with van der Waals surface area (Å²) >= 11 is 0. The van der Waals surface area contributed by atoms with Crippen LogP contribution in [0.1, 0.15) is 34.1 Å². The number of nitrogens with zero attached hydrogens (tertiary/aromatic N) is 3. The molecule has 0 aromatic carbocycles. The molecule has 1 aliphatic rings. The van der Waals surface area contributed by atoms with Crippen LogP contribution >= 0.6 is 0 Å². The van der Waals surface area contributed by atoms with Crippen molar-refractivity contribution in [2.45, 2.75) is 39.7 Å². The lowest BCUT2D eigenvalue weighted by Gasteiger charge is -2.25. The number of ether oxygens (including phenoxy) is 3. The van der Waals surface area contributed by atoms with E-state index in [1.165, 1.54) is 0 Å². The first kappa shape index (κ1) is 23.5. The maximum Gasteiger partial charge on any atom is 0.410 e. The molecule has 158 valence electrons. The van der Waals surface area contributed by atoms with Gasteiger partial charge in [0.15, 0.2) is 5.96 Å². The number of hydrogen-bond acceptors (Lipinski definition) is 5. The van der Waals surface area contributed by atoms with Crippen molar-refractivity contribution >= 4 is 12.1 Å². The third kappa shape index (κ3) is 9.81. The molecule has 1 heterocycles. The second-order valence-corrected chi connectivity index (χ2v) is 7.81. The van der Waals surface area contributed by atoms with E-state index in [1.54, 1.807) is 19.1 Å². The van der Waals surface area contributed by atoms with Crippen LogP contribution in [0.4, 0.5) is 4.79 Å². The van der Waals surface area contributed by atoms with Gasteiger partial charge in [0.2, 0.25) is 0 Å². The fourth-order valence-electron chi connectivity index (χ4n) is 2.72. The van der Waals surface area contributed by atoms with E-state index in [1.807, 2.05) is 20.8 Å². The zero-order chi connectivity index (χ0) is 20.3. The van der Waals surface area contributed by atoms with Crippen LogP contribution in [-0.2, 0) is 14.2 Å². The summed E-state index contributed by atoms with van der Waals surface area (Å²) < 4.78 is 16.0. The van der Waals surface area contributed by atoms with Crippen molar-refractivity contribution in [1.82, 2.24) is 15.1 Å². The monoisotopic (exact) mass is 386 g/mol. The molecule has 0 aliphatic carbocycles. The Morgan fingerprint density at radius 1 is 1.33 bits per heavy atom. The van der Waals surface area contributed by atoms with E-state index in [4.69, 9.17) is 14.2 Å². The van der Waals surface area contributed by atoms with E-state index < -0.39 is 5.60 Å². The summed E-state index contributed by atoms with van der Waals surface area (Å²) in [6.07, 6.45) is 0.770. The summed E-state index contributed by atoms with van der Waals surface area (Å²) in [5, 5.41) is 3.34. The number of guanidine groups is 1. The topological polar surface area (TPSA) is 75.6 Å². The minimum atomic E-state index is -0.487. The van der Waals surface area contributed by atoms with Gasteiger partial charge in [-0.25, -0.2) is 4.79 Å². The fourth-order valence-corrected chi connectivity index (χ4v) is 2.72. The van der Waals surface area contributed by atoms with Crippen molar-refractivity contribution in [1.29, 1.82) is 0 Å². The van der Waals surface area contributed by atoms with E-state index in [2.05, 4.69) is 22.1 Å². The van der Waals surface area contributed by atoms with Crippen molar-refractivity contribution in [2.75, 3.05) is 66.7 Å². The Hall–Kier alpha value is -1.54. The number of methoxy groups -OCH3 is 1. The summed E-state index contributed by atoms with van der Waals surface area (Å²) in [4.78, 5) is 20.5. The molecule has 1 atom stereocenters.